The molecule has 3 atom stereocenters. The van der Waals surface area contributed by atoms with Gasteiger partial charge in [-0.15, -0.1) is 0 Å². The smallest absolute Gasteiger partial charge is 0.203 e. The number of benzene rings is 2. The van der Waals surface area contributed by atoms with E-state index < -0.39 is 0 Å². The van der Waals surface area contributed by atoms with E-state index >= 15 is 0 Å². The van der Waals surface area contributed by atoms with Crippen LogP contribution in [0.2, 0.25) is 0 Å². The molecular weight excluding hydrogens is 1020 g/mol. The van der Waals surface area contributed by atoms with Crippen molar-refractivity contribution in [3.63, 3.8) is 0 Å². The lowest BCUT2D eigenvalue weighted by Gasteiger charge is -2.21. The molecule has 3 rings (SSSR count). The summed E-state index contributed by atoms with van der Waals surface area (Å²) in [5.41, 5.74) is 3.62. The van der Waals surface area contributed by atoms with Crippen LogP contribution in [-0.4, -0.2) is 49.8 Å². The molecule has 0 fully saturated rings. The molecule has 3 aromatic rings. The number of nitrogens with zero attached hydrogens (tertiary/aromatic N) is 1. The second-order valence-corrected chi connectivity index (χ2v) is 26.9. The van der Waals surface area contributed by atoms with Crippen molar-refractivity contribution in [3.8, 4) is 57.0 Å². The van der Waals surface area contributed by atoms with E-state index in [-0.39, 0.29) is 0 Å². The molecule has 0 bridgehead atoms. The van der Waals surface area contributed by atoms with Crippen LogP contribution in [0.1, 0.15) is 314 Å². The molecule has 8 nitrogen and oxygen atoms in total. The molecule has 0 aliphatic rings. The van der Waals surface area contributed by atoms with Crippen molar-refractivity contribution in [3.05, 3.63) is 30.3 Å². The fourth-order valence-electron chi connectivity index (χ4n) is 11.2. The highest BCUT2D eigenvalue weighted by atomic mass is 16.5. The van der Waals surface area contributed by atoms with Gasteiger partial charge in [-0.1, -0.05) is 276 Å². The van der Waals surface area contributed by atoms with Crippen molar-refractivity contribution >= 4 is 0 Å². The van der Waals surface area contributed by atoms with Crippen LogP contribution < -0.4 is 28.4 Å². The number of rotatable bonds is 56. The molecule has 478 valence electrons. The van der Waals surface area contributed by atoms with Crippen LogP contribution in [0.4, 0.5) is 0 Å². The fraction of sp³-hybridized carbons (Fsp3) is 0.800. The van der Waals surface area contributed by atoms with E-state index in [9.17, 15) is 0 Å². The topological polar surface area (TPSA) is 84.1 Å². The van der Waals surface area contributed by atoms with Crippen LogP contribution in [0.15, 0.2) is 30.3 Å². The van der Waals surface area contributed by atoms with Crippen LogP contribution in [0.3, 0.4) is 0 Å². The zero-order valence-electron chi connectivity index (χ0n) is 56.4. The fourth-order valence-corrected chi connectivity index (χ4v) is 11.2. The van der Waals surface area contributed by atoms with Gasteiger partial charge in [-0.2, -0.15) is 5.10 Å². The predicted octanol–water partition coefficient (Wildman–Crippen LogP) is 24.0. The molecule has 8 heteroatoms. The molecule has 0 radical (unpaired) electrons. The van der Waals surface area contributed by atoms with Gasteiger partial charge in [-0.25, -0.2) is 0 Å². The SMILES string of the molecule is CCCCCCCCCCOc1cc(-c2cc(-c3cc(OCC[C@@H](C)CCCC(C)C)c(OCC[C@@H](C)CCCC(C)C)c(OCC[C@@H](C)CCCC(C)C)c3)n[nH]2)cc(OCCCCCCCCCC)c1OCCCCCCCCCC. The first-order valence-electron chi connectivity index (χ1n) is 35.5. The average Bonchev–Trinajstić information content (AvgIpc) is 4.13. The minimum Gasteiger partial charge on any atom is -0.490 e. The van der Waals surface area contributed by atoms with Crippen LogP contribution in [0.25, 0.3) is 22.5 Å². The van der Waals surface area contributed by atoms with Gasteiger partial charge >= 0.3 is 0 Å². The zero-order valence-corrected chi connectivity index (χ0v) is 56.4. The van der Waals surface area contributed by atoms with Crippen LogP contribution >= 0.6 is 0 Å². The molecule has 1 N–H and O–H groups in total. The molecule has 0 spiro atoms. The average molecular weight is 1160 g/mol. The molecule has 83 heavy (non-hydrogen) atoms. The number of ether oxygens (including phenoxy) is 6. The van der Waals surface area contributed by atoms with Gasteiger partial charge in [0.2, 0.25) is 11.5 Å². The molecule has 1 aromatic heterocycles. The van der Waals surface area contributed by atoms with Gasteiger partial charge in [0.1, 0.15) is 0 Å². The number of hydrogen-bond acceptors (Lipinski definition) is 7. The van der Waals surface area contributed by atoms with Gasteiger partial charge in [-0.05, 0) is 104 Å². The quantitative estimate of drug-likeness (QED) is 0.0564. The lowest BCUT2D eigenvalue weighted by atomic mass is 9.97. The highest BCUT2D eigenvalue weighted by Gasteiger charge is 2.22. The Morgan fingerprint density at radius 1 is 0.301 bits per heavy atom. The van der Waals surface area contributed by atoms with Gasteiger partial charge < -0.3 is 28.4 Å². The summed E-state index contributed by atoms with van der Waals surface area (Å²) in [5, 5.41) is 8.52. The van der Waals surface area contributed by atoms with Gasteiger partial charge in [0, 0.05) is 11.1 Å². The lowest BCUT2D eigenvalue weighted by Crippen LogP contribution is -2.10. The molecular formula is C75H132N2O6. The normalized spacial score (nSPS) is 12.9. The van der Waals surface area contributed by atoms with E-state index in [1.807, 2.05) is 0 Å². The molecule has 0 aliphatic carbocycles. The number of unbranched alkanes of at least 4 members (excludes halogenated alkanes) is 21. The zero-order chi connectivity index (χ0) is 60.1. The van der Waals surface area contributed by atoms with Gasteiger partial charge in [0.15, 0.2) is 23.0 Å². The highest BCUT2D eigenvalue weighted by Crippen LogP contribution is 2.45. The van der Waals surface area contributed by atoms with Gasteiger partial charge in [-0.3, -0.25) is 5.10 Å². The van der Waals surface area contributed by atoms with Gasteiger partial charge in [0.25, 0.3) is 0 Å². The van der Waals surface area contributed by atoms with Crippen molar-refractivity contribution in [2.24, 2.45) is 35.5 Å². The second kappa shape index (κ2) is 47.6. The van der Waals surface area contributed by atoms with Crippen LogP contribution in [0.5, 0.6) is 34.5 Å². The Morgan fingerprint density at radius 2 is 0.590 bits per heavy atom. The predicted molar refractivity (Wildman–Crippen MR) is 358 cm³/mol. The lowest BCUT2D eigenvalue weighted by molar-refractivity contribution is 0.216. The first-order chi connectivity index (χ1) is 40.3. The van der Waals surface area contributed by atoms with E-state index in [4.69, 9.17) is 33.5 Å². The summed E-state index contributed by atoms with van der Waals surface area (Å²) < 4.78 is 41.0. The summed E-state index contributed by atoms with van der Waals surface area (Å²) >= 11 is 0. The number of nitrogens with one attached hydrogen (secondary N) is 1. The number of H-pyrrole nitrogens is 1. The van der Waals surface area contributed by atoms with Crippen molar-refractivity contribution in [1.29, 1.82) is 0 Å². The largest absolute Gasteiger partial charge is 0.490 e. The van der Waals surface area contributed by atoms with E-state index in [1.165, 1.54) is 193 Å². The molecule has 0 saturated heterocycles. The number of aromatic amines is 1. The Labute approximate surface area is 513 Å². The van der Waals surface area contributed by atoms with Crippen molar-refractivity contribution in [2.45, 2.75) is 314 Å². The highest BCUT2D eigenvalue weighted by molar-refractivity contribution is 5.75. The third-order valence-corrected chi connectivity index (χ3v) is 17.0. The summed E-state index contributed by atoms with van der Waals surface area (Å²) in [6.45, 7) is 31.7. The van der Waals surface area contributed by atoms with E-state index in [1.54, 1.807) is 0 Å². The maximum atomic E-state index is 6.88. The summed E-state index contributed by atoms with van der Waals surface area (Å²) in [6.07, 6.45) is 44.2. The summed E-state index contributed by atoms with van der Waals surface area (Å²) in [4.78, 5) is 0. The summed E-state index contributed by atoms with van der Waals surface area (Å²) in [7, 11) is 0. The Hall–Kier alpha value is -3.55. The van der Waals surface area contributed by atoms with Crippen LogP contribution in [0, 0.1) is 35.5 Å². The molecule has 1 heterocycles. The maximum Gasteiger partial charge on any atom is 0.203 e. The standard InChI is InChI=1S/C75H132N2O6/c1-13-16-19-22-25-28-31-34-49-78-70-55-66(56-71(79-50-35-32-29-26-23-20-17-14-2)74(70)82-51-36-33-30-27-24-21-18-15-3)68-59-69(77-76-68)67-57-72(80-52-46-63(10)43-37-40-60(4)5)75(83-54-48-65(12)45-39-42-62(8)9)73(58-67)81-53-47-64(11)44-38-41-61(6)7/h55-65H,13-54H2,1-12H3,(H,76,77)/t63-,64-,65-/m0/s1. The Kier molecular flexibility index (Phi) is 42.3. The third-order valence-electron chi connectivity index (χ3n) is 17.0. The monoisotopic (exact) mass is 1160 g/mol. The van der Waals surface area contributed by atoms with E-state index in [2.05, 4.69) is 119 Å². The Morgan fingerprint density at radius 3 is 0.940 bits per heavy atom. The molecule has 0 aliphatic heterocycles. The Balaban J connectivity index is 2.07. The molecule has 2 aromatic carbocycles. The molecule has 0 amide bonds. The van der Waals surface area contributed by atoms with E-state index in [0.717, 1.165) is 113 Å². The summed E-state index contributed by atoms with van der Waals surface area (Å²) in [6, 6.07) is 10.8. The third kappa shape index (κ3) is 35.0. The summed E-state index contributed by atoms with van der Waals surface area (Å²) in [5.74, 6) is 8.34. The number of hydrogen-bond donors (Lipinski definition) is 1. The minimum absolute atomic E-state index is 0.570. The first-order valence-corrected chi connectivity index (χ1v) is 35.5. The van der Waals surface area contributed by atoms with Crippen LogP contribution in [-0.2, 0) is 0 Å². The Bertz CT molecular complexity index is 1900. The number of aromatic nitrogens is 2. The first kappa shape index (κ1) is 73.7. The minimum atomic E-state index is 0.570. The molecule has 0 unspecified atom stereocenters. The van der Waals surface area contributed by atoms with Crippen molar-refractivity contribution < 1.29 is 28.4 Å². The van der Waals surface area contributed by atoms with Crippen molar-refractivity contribution in [1.82, 2.24) is 10.2 Å². The maximum absolute atomic E-state index is 6.88. The van der Waals surface area contributed by atoms with E-state index in [0.29, 0.717) is 57.4 Å². The molecule has 0 saturated carbocycles. The van der Waals surface area contributed by atoms with Crippen molar-refractivity contribution in [2.75, 3.05) is 39.6 Å². The van der Waals surface area contributed by atoms with Gasteiger partial charge in [0.05, 0.1) is 51.0 Å². The second-order valence-electron chi connectivity index (χ2n) is 26.9.